The first-order chi connectivity index (χ1) is 15.5. The fourth-order valence-electron chi connectivity index (χ4n) is 3.90. The number of carbonyl (C=O) groups excluding carboxylic acids is 3. The lowest BCUT2D eigenvalue weighted by molar-refractivity contribution is -0.124. The number of urea groups is 1. The maximum absolute atomic E-state index is 13.0. The normalized spacial score (nSPS) is 14.2. The molecule has 0 atom stereocenters. The fourth-order valence-corrected chi connectivity index (χ4v) is 3.90. The van der Waals surface area contributed by atoms with Crippen LogP contribution in [0.5, 0.6) is 0 Å². The van der Waals surface area contributed by atoms with Crippen molar-refractivity contribution in [3.05, 3.63) is 77.4 Å². The van der Waals surface area contributed by atoms with Crippen LogP contribution in [-0.4, -0.2) is 34.5 Å². The Bertz CT molecular complexity index is 935. The highest BCUT2D eigenvalue weighted by Gasteiger charge is 2.23. The van der Waals surface area contributed by atoms with Crippen molar-refractivity contribution in [3.63, 3.8) is 0 Å². The van der Waals surface area contributed by atoms with E-state index in [1.807, 2.05) is 30.3 Å². The van der Waals surface area contributed by atoms with E-state index in [2.05, 4.69) is 5.32 Å². The van der Waals surface area contributed by atoms with Gasteiger partial charge in [-0.2, -0.15) is 0 Å². The molecule has 1 aliphatic rings. The van der Waals surface area contributed by atoms with Gasteiger partial charge >= 0.3 is 6.03 Å². The van der Waals surface area contributed by atoms with Crippen LogP contribution in [0.3, 0.4) is 0 Å². The van der Waals surface area contributed by atoms with E-state index in [9.17, 15) is 14.4 Å². The molecule has 2 aromatic rings. The third-order valence-electron chi connectivity index (χ3n) is 5.64. The molecule has 4 amide bonds. The van der Waals surface area contributed by atoms with Crippen molar-refractivity contribution in [2.45, 2.75) is 38.6 Å². The number of rotatable bonds is 7. The van der Waals surface area contributed by atoms with Crippen LogP contribution in [-0.2, 0) is 11.3 Å². The number of nitrogens with zero attached hydrogens (tertiary/aromatic N) is 1. The van der Waals surface area contributed by atoms with E-state index < -0.39 is 17.8 Å². The first-order valence-electron chi connectivity index (χ1n) is 10.9. The molecular weight excluding hydrogens is 406 g/mol. The second-order valence-electron chi connectivity index (χ2n) is 8.06. The SMILES string of the molecule is O=C(C=Cc1ccc(CN(CC2CCCCC2)C(=O)NC(=O)c2ccccc2)cc1)NO. The molecular formula is C25H29N3O4. The van der Waals surface area contributed by atoms with Crippen LogP contribution >= 0.6 is 0 Å². The monoisotopic (exact) mass is 435 g/mol. The predicted molar refractivity (Wildman–Crippen MR) is 122 cm³/mol. The molecule has 1 fully saturated rings. The molecule has 0 unspecified atom stereocenters. The van der Waals surface area contributed by atoms with E-state index in [0.29, 0.717) is 24.6 Å². The van der Waals surface area contributed by atoms with E-state index in [0.717, 1.165) is 24.0 Å². The maximum atomic E-state index is 13.0. The maximum Gasteiger partial charge on any atom is 0.324 e. The first kappa shape index (κ1) is 23.2. The lowest BCUT2D eigenvalue weighted by Gasteiger charge is -2.30. The quantitative estimate of drug-likeness (QED) is 0.346. The summed E-state index contributed by atoms with van der Waals surface area (Å²) in [4.78, 5) is 38.3. The van der Waals surface area contributed by atoms with Crippen molar-refractivity contribution in [3.8, 4) is 0 Å². The molecule has 1 aliphatic carbocycles. The van der Waals surface area contributed by atoms with Gasteiger partial charge in [0.2, 0.25) is 0 Å². The summed E-state index contributed by atoms with van der Waals surface area (Å²) < 4.78 is 0. The van der Waals surface area contributed by atoms with Crippen molar-refractivity contribution in [1.29, 1.82) is 0 Å². The zero-order chi connectivity index (χ0) is 22.8. The summed E-state index contributed by atoms with van der Waals surface area (Å²) in [5.41, 5.74) is 3.71. The minimum absolute atomic E-state index is 0.380. The molecule has 0 heterocycles. The minimum atomic E-state index is -0.604. The summed E-state index contributed by atoms with van der Waals surface area (Å²) in [6.45, 7) is 0.984. The summed E-state index contributed by atoms with van der Waals surface area (Å²) >= 11 is 0. The Kier molecular flexibility index (Phi) is 8.57. The van der Waals surface area contributed by atoms with Gasteiger partial charge in [0.1, 0.15) is 0 Å². The predicted octanol–water partition coefficient (Wildman–Crippen LogP) is 4.14. The molecule has 2 aromatic carbocycles. The molecule has 0 radical (unpaired) electrons. The van der Waals surface area contributed by atoms with Crippen molar-refractivity contribution in [2.24, 2.45) is 5.92 Å². The molecule has 0 aliphatic heterocycles. The molecule has 1 saturated carbocycles. The van der Waals surface area contributed by atoms with Crippen LogP contribution in [0.4, 0.5) is 4.79 Å². The average molecular weight is 436 g/mol. The Morgan fingerprint density at radius 2 is 1.66 bits per heavy atom. The van der Waals surface area contributed by atoms with Gasteiger partial charge in [0.05, 0.1) is 0 Å². The van der Waals surface area contributed by atoms with E-state index >= 15 is 0 Å². The average Bonchev–Trinajstić information content (AvgIpc) is 2.84. The van der Waals surface area contributed by atoms with Gasteiger partial charge in [0, 0.05) is 24.7 Å². The summed E-state index contributed by atoms with van der Waals surface area (Å²) in [6.07, 6.45) is 8.57. The molecule has 3 N–H and O–H groups in total. The van der Waals surface area contributed by atoms with Gasteiger partial charge in [-0.1, -0.05) is 61.7 Å². The number of hydrogen-bond acceptors (Lipinski definition) is 4. The molecule has 0 aromatic heterocycles. The largest absolute Gasteiger partial charge is 0.324 e. The summed E-state index contributed by atoms with van der Waals surface area (Å²) in [5.74, 6) is -0.583. The van der Waals surface area contributed by atoms with Crippen molar-refractivity contribution >= 4 is 23.9 Å². The molecule has 3 rings (SSSR count). The summed E-state index contributed by atoms with van der Waals surface area (Å²) in [5, 5.41) is 11.1. The lowest BCUT2D eigenvalue weighted by atomic mass is 9.89. The topological polar surface area (TPSA) is 98.7 Å². The number of hydroxylamine groups is 1. The van der Waals surface area contributed by atoms with Crippen molar-refractivity contribution in [1.82, 2.24) is 15.7 Å². The van der Waals surface area contributed by atoms with Gasteiger partial charge in [-0.25, -0.2) is 10.3 Å². The van der Waals surface area contributed by atoms with Gasteiger partial charge in [0.25, 0.3) is 11.8 Å². The number of nitrogens with one attached hydrogen (secondary N) is 2. The molecule has 7 nitrogen and oxygen atoms in total. The van der Waals surface area contributed by atoms with Crippen LogP contribution in [0.1, 0.15) is 53.6 Å². The smallest absolute Gasteiger partial charge is 0.320 e. The summed E-state index contributed by atoms with van der Waals surface area (Å²) in [6, 6.07) is 15.8. The van der Waals surface area contributed by atoms with E-state index in [1.54, 1.807) is 40.7 Å². The Balaban J connectivity index is 1.69. The van der Waals surface area contributed by atoms with Crippen LogP contribution in [0.2, 0.25) is 0 Å². The fraction of sp³-hybridized carbons (Fsp3) is 0.320. The Labute approximate surface area is 188 Å². The van der Waals surface area contributed by atoms with Crippen LogP contribution in [0, 0.1) is 5.92 Å². The zero-order valence-electron chi connectivity index (χ0n) is 18.0. The Morgan fingerprint density at radius 3 is 2.31 bits per heavy atom. The van der Waals surface area contributed by atoms with Gasteiger partial charge in [-0.3, -0.25) is 20.1 Å². The highest BCUT2D eigenvalue weighted by atomic mass is 16.5. The van der Waals surface area contributed by atoms with E-state index in [1.165, 1.54) is 25.3 Å². The zero-order valence-corrected chi connectivity index (χ0v) is 18.0. The lowest BCUT2D eigenvalue weighted by Crippen LogP contribution is -2.44. The highest BCUT2D eigenvalue weighted by Crippen LogP contribution is 2.25. The Morgan fingerprint density at radius 1 is 0.969 bits per heavy atom. The molecule has 168 valence electrons. The number of imide groups is 1. The number of benzene rings is 2. The van der Waals surface area contributed by atoms with E-state index in [4.69, 9.17) is 5.21 Å². The van der Waals surface area contributed by atoms with Gasteiger partial charge in [0.15, 0.2) is 0 Å². The number of amides is 4. The van der Waals surface area contributed by atoms with Crippen LogP contribution in [0.15, 0.2) is 60.7 Å². The number of hydrogen-bond donors (Lipinski definition) is 3. The molecule has 32 heavy (non-hydrogen) atoms. The van der Waals surface area contributed by atoms with Crippen molar-refractivity contribution in [2.75, 3.05) is 6.54 Å². The third-order valence-corrected chi connectivity index (χ3v) is 5.64. The van der Waals surface area contributed by atoms with Gasteiger partial charge < -0.3 is 4.90 Å². The number of carbonyl (C=O) groups is 3. The van der Waals surface area contributed by atoms with Gasteiger partial charge in [-0.05, 0) is 48.1 Å². The summed E-state index contributed by atoms with van der Waals surface area (Å²) in [7, 11) is 0. The van der Waals surface area contributed by atoms with Crippen molar-refractivity contribution < 1.29 is 19.6 Å². The molecule has 7 heteroatoms. The Hall–Kier alpha value is -3.45. The second kappa shape index (κ2) is 11.8. The standard InChI is InChI=1S/C25H29N3O4/c29-23(27-32)16-15-19-11-13-21(14-12-19)18-28(17-20-7-3-1-4-8-20)25(31)26-24(30)22-9-5-2-6-10-22/h2,5-6,9-16,20,32H,1,3-4,7-8,17-18H2,(H,27,29)(H,26,30,31). The second-order valence-corrected chi connectivity index (χ2v) is 8.06. The molecule has 0 saturated heterocycles. The van der Waals surface area contributed by atoms with Gasteiger partial charge in [-0.15, -0.1) is 0 Å². The first-order valence-corrected chi connectivity index (χ1v) is 10.9. The third kappa shape index (κ3) is 7.06. The molecule has 0 spiro atoms. The van der Waals surface area contributed by atoms with E-state index in [-0.39, 0.29) is 0 Å². The van der Waals surface area contributed by atoms with Crippen LogP contribution in [0.25, 0.3) is 6.08 Å². The van der Waals surface area contributed by atoms with Crippen LogP contribution < -0.4 is 10.8 Å². The minimum Gasteiger partial charge on any atom is -0.320 e. The molecule has 0 bridgehead atoms. The highest BCUT2D eigenvalue weighted by molar-refractivity contribution is 6.04.